The van der Waals surface area contributed by atoms with E-state index < -0.39 is 0 Å². The summed E-state index contributed by atoms with van der Waals surface area (Å²) in [6.07, 6.45) is 0. The van der Waals surface area contributed by atoms with Gasteiger partial charge in [-0.2, -0.15) is 0 Å². The molecule has 1 aromatic heterocycles. The molecule has 7 heteroatoms. The Labute approximate surface area is 204 Å². The van der Waals surface area contributed by atoms with Crippen molar-refractivity contribution in [1.29, 1.82) is 0 Å². The monoisotopic (exact) mass is 472 g/mol. The van der Waals surface area contributed by atoms with E-state index in [1.807, 2.05) is 99.0 Å². The van der Waals surface area contributed by atoms with Gasteiger partial charge in [-0.3, -0.25) is 9.36 Å². The highest BCUT2D eigenvalue weighted by Crippen LogP contribution is 2.26. The fraction of sp³-hybridized carbons (Fsp3) is 0.222. The van der Waals surface area contributed by atoms with E-state index in [1.54, 1.807) is 0 Å². The van der Waals surface area contributed by atoms with Crippen LogP contribution in [0.2, 0.25) is 0 Å². The molecule has 0 fully saturated rings. The number of amides is 1. The van der Waals surface area contributed by atoms with Crippen LogP contribution >= 0.6 is 11.8 Å². The lowest BCUT2D eigenvalue weighted by molar-refractivity contribution is -0.113. The molecule has 0 saturated carbocycles. The Morgan fingerprint density at radius 1 is 0.853 bits per heavy atom. The van der Waals surface area contributed by atoms with Crippen LogP contribution in [0.5, 0.6) is 5.75 Å². The van der Waals surface area contributed by atoms with Crippen molar-refractivity contribution in [3.8, 4) is 11.4 Å². The topological polar surface area (TPSA) is 69.0 Å². The van der Waals surface area contributed by atoms with Crippen molar-refractivity contribution in [1.82, 2.24) is 14.8 Å². The minimum atomic E-state index is -0.0849. The number of rotatable bonds is 8. The van der Waals surface area contributed by atoms with Gasteiger partial charge in [-0.15, -0.1) is 10.2 Å². The maximum absolute atomic E-state index is 12.7. The van der Waals surface area contributed by atoms with Crippen LogP contribution in [-0.4, -0.2) is 26.4 Å². The highest BCUT2D eigenvalue weighted by molar-refractivity contribution is 7.99. The van der Waals surface area contributed by atoms with Crippen LogP contribution in [0.25, 0.3) is 5.69 Å². The first kappa shape index (κ1) is 23.6. The van der Waals surface area contributed by atoms with Gasteiger partial charge in [-0.1, -0.05) is 66.4 Å². The fourth-order valence-corrected chi connectivity index (χ4v) is 4.58. The second-order valence-corrected chi connectivity index (χ2v) is 9.13. The van der Waals surface area contributed by atoms with Crippen molar-refractivity contribution >= 4 is 23.4 Å². The third-order valence-electron chi connectivity index (χ3n) is 5.55. The molecule has 1 N–H and O–H groups in total. The maximum Gasteiger partial charge on any atom is 0.234 e. The summed E-state index contributed by atoms with van der Waals surface area (Å²) >= 11 is 1.35. The number of carbonyl (C=O) groups is 1. The second kappa shape index (κ2) is 10.6. The number of ether oxygens (including phenoxy) is 1. The number of aryl methyl sites for hydroxylation is 4. The maximum atomic E-state index is 12.7. The summed E-state index contributed by atoms with van der Waals surface area (Å²) in [6.45, 7) is 8.30. The number of thioether (sulfide) groups is 1. The molecule has 34 heavy (non-hydrogen) atoms. The zero-order valence-corrected chi connectivity index (χ0v) is 20.6. The molecule has 0 unspecified atom stereocenters. The molecule has 0 spiro atoms. The minimum absolute atomic E-state index is 0.0849. The molecule has 0 aliphatic rings. The molecular weight excluding hydrogens is 444 g/mol. The van der Waals surface area contributed by atoms with E-state index in [4.69, 9.17) is 4.74 Å². The predicted octanol–water partition coefficient (Wildman–Crippen LogP) is 5.81. The molecule has 1 amide bonds. The smallest absolute Gasteiger partial charge is 0.234 e. The van der Waals surface area contributed by atoms with E-state index >= 15 is 0 Å². The van der Waals surface area contributed by atoms with Gasteiger partial charge in [-0.05, 0) is 62.1 Å². The zero-order chi connectivity index (χ0) is 24.1. The molecule has 1 heterocycles. The third kappa shape index (κ3) is 5.31. The molecule has 0 radical (unpaired) electrons. The van der Waals surface area contributed by atoms with Crippen LogP contribution in [0, 0.1) is 27.7 Å². The van der Waals surface area contributed by atoms with Gasteiger partial charge in [-0.25, -0.2) is 0 Å². The summed E-state index contributed by atoms with van der Waals surface area (Å²) in [4.78, 5) is 12.7. The number of hydrogen-bond acceptors (Lipinski definition) is 5. The van der Waals surface area contributed by atoms with Crippen LogP contribution in [0.1, 0.15) is 28.1 Å². The average molecular weight is 473 g/mol. The number of hydrogen-bond donors (Lipinski definition) is 1. The first-order valence-corrected chi connectivity index (χ1v) is 12.1. The van der Waals surface area contributed by atoms with Crippen LogP contribution in [0.15, 0.2) is 71.9 Å². The van der Waals surface area contributed by atoms with E-state index in [0.29, 0.717) is 11.0 Å². The van der Waals surface area contributed by atoms with E-state index in [2.05, 4.69) is 15.5 Å². The first-order chi connectivity index (χ1) is 16.4. The number of nitrogens with zero attached hydrogens (tertiary/aromatic N) is 3. The molecule has 4 aromatic rings. The highest BCUT2D eigenvalue weighted by Gasteiger charge is 2.17. The average Bonchev–Trinajstić information content (AvgIpc) is 3.23. The van der Waals surface area contributed by atoms with Gasteiger partial charge in [0.15, 0.2) is 11.0 Å². The van der Waals surface area contributed by atoms with Gasteiger partial charge >= 0.3 is 0 Å². The van der Waals surface area contributed by atoms with E-state index in [0.717, 1.165) is 39.4 Å². The summed E-state index contributed by atoms with van der Waals surface area (Å²) in [7, 11) is 0. The number of para-hydroxylation sites is 3. The first-order valence-electron chi connectivity index (χ1n) is 11.1. The summed E-state index contributed by atoms with van der Waals surface area (Å²) < 4.78 is 8.10. The Balaban J connectivity index is 1.53. The van der Waals surface area contributed by atoms with Gasteiger partial charge in [0.2, 0.25) is 5.91 Å². The van der Waals surface area contributed by atoms with Crippen molar-refractivity contribution in [2.24, 2.45) is 0 Å². The molecule has 174 valence electrons. The highest BCUT2D eigenvalue weighted by atomic mass is 32.2. The lowest BCUT2D eigenvalue weighted by Crippen LogP contribution is -2.16. The van der Waals surface area contributed by atoms with Crippen LogP contribution in [-0.2, 0) is 11.4 Å². The molecule has 4 rings (SSSR count). The number of aromatic nitrogens is 3. The Kier molecular flexibility index (Phi) is 7.33. The SMILES string of the molecule is Cc1cccc(C)c1NC(=O)CSc1nnc(COc2c(C)cccc2C)n1-c1ccccc1. The summed E-state index contributed by atoms with van der Waals surface area (Å²) in [6, 6.07) is 21.9. The number of benzene rings is 3. The largest absolute Gasteiger partial charge is 0.485 e. The molecular formula is C27H28N4O2S. The standard InChI is InChI=1S/C27H28N4O2S/c1-18-10-8-11-19(2)25(18)28-24(32)17-34-27-30-29-23(31(27)22-14-6-5-7-15-22)16-33-26-20(3)12-9-13-21(26)4/h5-15H,16-17H2,1-4H3,(H,28,32). The Bertz CT molecular complexity index is 1260. The normalized spacial score (nSPS) is 10.8. The van der Waals surface area contributed by atoms with Gasteiger partial charge in [0, 0.05) is 11.4 Å². The fourth-order valence-electron chi connectivity index (χ4n) is 3.80. The Morgan fingerprint density at radius 2 is 1.47 bits per heavy atom. The molecule has 0 aliphatic carbocycles. The quantitative estimate of drug-likeness (QED) is 0.328. The number of nitrogens with one attached hydrogen (secondary N) is 1. The van der Waals surface area contributed by atoms with E-state index in [9.17, 15) is 4.79 Å². The van der Waals surface area contributed by atoms with E-state index in [1.165, 1.54) is 11.8 Å². The number of anilines is 1. The van der Waals surface area contributed by atoms with Crippen molar-refractivity contribution in [3.63, 3.8) is 0 Å². The van der Waals surface area contributed by atoms with Crippen molar-refractivity contribution in [2.45, 2.75) is 39.5 Å². The minimum Gasteiger partial charge on any atom is -0.485 e. The molecule has 0 bridgehead atoms. The summed E-state index contributed by atoms with van der Waals surface area (Å²) in [5, 5.41) is 12.4. The molecule has 0 atom stereocenters. The summed E-state index contributed by atoms with van der Waals surface area (Å²) in [5.74, 6) is 1.66. The van der Waals surface area contributed by atoms with Crippen molar-refractivity contribution < 1.29 is 9.53 Å². The molecule has 3 aromatic carbocycles. The number of carbonyl (C=O) groups excluding carboxylic acids is 1. The third-order valence-corrected chi connectivity index (χ3v) is 6.48. The Morgan fingerprint density at radius 3 is 2.12 bits per heavy atom. The van der Waals surface area contributed by atoms with Crippen molar-refractivity contribution in [2.75, 3.05) is 11.1 Å². The van der Waals surface area contributed by atoms with Crippen LogP contribution in [0.4, 0.5) is 5.69 Å². The predicted molar refractivity (Wildman–Crippen MR) is 137 cm³/mol. The van der Waals surface area contributed by atoms with Crippen LogP contribution in [0.3, 0.4) is 0 Å². The molecule has 0 aliphatic heterocycles. The van der Waals surface area contributed by atoms with Gasteiger partial charge < -0.3 is 10.1 Å². The lowest BCUT2D eigenvalue weighted by Gasteiger charge is -2.14. The zero-order valence-electron chi connectivity index (χ0n) is 19.8. The van der Waals surface area contributed by atoms with Gasteiger partial charge in [0.25, 0.3) is 0 Å². The Hall–Kier alpha value is -3.58. The van der Waals surface area contributed by atoms with Crippen molar-refractivity contribution in [3.05, 3.63) is 94.8 Å². The second-order valence-electron chi connectivity index (χ2n) is 8.18. The van der Waals surface area contributed by atoms with Gasteiger partial charge in [0.05, 0.1) is 5.75 Å². The lowest BCUT2D eigenvalue weighted by atomic mass is 10.1. The van der Waals surface area contributed by atoms with Gasteiger partial charge in [0.1, 0.15) is 12.4 Å². The summed E-state index contributed by atoms with van der Waals surface area (Å²) in [5.41, 5.74) is 6.01. The molecule has 0 saturated heterocycles. The van der Waals surface area contributed by atoms with E-state index in [-0.39, 0.29) is 18.3 Å². The molecule has 6 nitrogen and oxygen atoms in total. The van der Waals surface area contributed by atoms with Crippen LogP contribution < -0.4 is 10.1 Å².